The third-order valence-corrected chi connectivity index (χ3v) is 2.93. The molecule has 1 rings (SSSR count). The Morgan fingerprint density at radius 3 is 2.50 bits per heavy atom. The van der Waals surface area contributed by atoms with Gasteiger partial charge in [0, 0.05) is 26.8 Å². The first-order valence-corrected chi connectivity index (χ1v) is 6.53. The number of aliphatic imine (C=N–C) groups is 1. The number of ether oxygens (including phenoxy) is 1. The van der Waals surface area contributed by atoms with Crippen LogP contribution >= 0.6 is 0 Å². The first-order valence-electron chi connectivity index (χ1n) is 6.53. The second-order valence-electron chi connectivity index (χ2n) is 4.74. The summed E-state index contributed by atoms with van der Waals surface area (Å²) >= 11 is 0. The molecule has 0 aromatic rings. The Labute approximate surface area is 119 Å². The second kappa shape index (κ2) is 7.52. The maximum atomic E-state index is 12.1. The number of rotatable bonds is 1. The average Bonchev–Trinajstić information content (AvgIpc) is 2.44. The van der Waals surface area contributed by atoms with Gasteiger partial charge in [-0.05, 0) is 25.7 Å². The molecule has 0 atom stereocenters. The van der Waals surface area contributed by atoms with E-state index in [9.17, 15) is 9.59 Å². The lowest BCUT2D eigenvalue weighted by molar-refractivity contribution is 0.181. The molecule has 0 saturated heterocycles. The zero-order chi connectivity index (χ0) is 15.1. The highest BCUT2D eigenvalue weighted by Crippen LogP contribution is 2.15. The lowest BCUT2D eigenvalue weighted by atomic mass is 10.1. The summed E-state index contributed by atoms with van der Waals surface area (Å²) in [6, 6.07) is -0.325. The Morgan fingerprint density at radius 2 is 2.00 bits per heavy atom. The van der Waals surface area contributed by atoms with Gasteiger partial charge in [0.05, 0.1) is 7.11 Å². The molecule has 20 heavy (non-hydrogen) atoms. The van der Waals surface area contributed by atoms with E-state index >= 15 is 0 Å². The van der Waals surface area contributed by atoms with E-state index in [0.717, 1.165) is 31.4 Å². The number of allylic oxidation sites excluding steroid dienone is 2. The minimum absolute atomic E-state index is 0.214. The van der Waals surface area contributed by atoms with Crippen LogP contribution in [0.25, 0.3) is 0 Å². The fourth-order valence-corrected chi connectivity index (χ4v) is 1.87. The van der Waals surface area contributed by atoms with Gasteiger partial charge in [0.25, 0.3) is 0 Å². The SMILES string of the molecule is COC(=O)/N=C(/N(C)C)N(C)C(=O)NC1=CCCCC1. The van der Waals surface area contributed by atoms with Crippen molar-refractivity contribution >= 4 is 18.1 Å². The van der Waals surface area contributed by atoms with Gasteiger partial charge < -0.3 is 15.0 Å². The minimum atomic E-state index is -0.745. The van der Waals surface area contributed by atoms with Crippen LogP contribution in [0.3, 0.4) is 0 Å². The zero-order valence-electron chi connectivity index (χ0n) is 12.5. The van der Waals surface area contributed by atoms with E-state index in [2.05, 4.69) is 15.0 Å². The molecule has 1 aliphatic rings. The predicted octanol–water partition coefficient (Wildman–Crippen LogP) is 1.77. The lowest BCUT2D eigenvalue weighted by Crippen LogP contribution is -2.46. The molecule has 0 aromatic carbocycles. The van der Waals surface area contributed by atoms with Crippen molar-refractivity contribution in [3.05, 3.63) is 11.8 Å². The van der Waals surface area contributed by atoms with Crippen molar-refractivity contribution in [2.45, 2.75) is 25.7 Å². The second-order valence-corrected chi connectivity index (χ2v) is 4.74. The quantitative estimate of drug-likeness (QED) is 0.587. The van der Waals surface area contributed by atoms with Crippen LogP contribution in [0.15, 0.2) is 16.8 Å². The number of urea groups is 1. The summed E-state index contributed by atoms with van der Waals surface area (Å²) in [5.74, 6) is 0.214. The van der Waals surface area contributed by atoms with Crippen LogP contribution in [-0.4, -0.2) is 56.1 Å². The highest BCUT2D eigenvalue weighted by Gasteiger charge is 2.19. The van der Waals surface area contributed by atoms with Crippen molar-refractivity contribution in [2.24, 2.45) is 4.99 Å². The molecule has 1 aliphatic carbocycles. The standard InChI is InChI=1S/C13H22N4O3/c1-16(2)11(15-13(19)20-4)17(3)12(18)14-10-8-6-5-7-9-10/h8H,5-7,9H2,1-4H3,(H,14,18)/b15-11-. The number of carbonyl (C=O) groups is 2. The molecule has 0 radical (unpaired) electrons. The van der Waals surface area contributed by atoms with E-state index in [1.165, 1.54) is 12.0 Å². The highest BCUT2D eigenvalue weighted by molar-refractivity contribution is 6.00. The van der Waals surface area contributed by atoms with Gasteiger partial charge in [-0.1, -0.05) is 6.08 Å². The molecule has 0 aliphatic heterocycles. The number of hydrogen-bond donors (Lipinski definition) is 1. The number of guanidine groups is 1. The highest BCUT2D eigenvalue weighted by atomic mass is 16.5. The van der Waals surface area contributed by atoms with E-state index in [1.54, 1.807) is 26.0 Å². The molecule has 112 valence electrons. The van der Waals surface area contributed by atoms with Gasteiger partial charge in [-0.15, -0.1) is 4.99 Å². The maximum absolute atomic E-state index is 12.1. The van der Waals surface area contributed by atoms with E-state index in [4.69, 9.17) is 0 Å². The van der Waals surface area contributed by atoms with Crippen LogP contribution in [0.2, 0.25) is 0 Å². The summed E-state index contributed by atoms with van der Waals surface area (Å²) in [6.45, 7) is 0. The van der Waals surface area contributed by atoms with Gasteiger partial charge in [-0.2, -0.15) is 0 Å². The summed E-state index contributed by atoms with van der Waals surface area (Å²) in [4.78, 5) is 30.0. The summed E-state index contributed by atoms with van der Waals surface area (Å²) in [7, 11) is 6.20. The van der Waals surface area contributed by atoms with Crippen molar-refractivity contribution in [3.63, 3.8) is 0 Å². The smallest absolute Gasteiger partial charge is 0.436 e. The van der Waals surface area contributed by atoms with Gasteiger partial charge in [0.1, 0.15) is 0 Å². The van der Waals surface area contributed by atoms with Crippen molar-refractivity contribution in [3.8, 4) is 0 Å². The molecule has 0 spiro atoms. The number of methoxy groups -OCH3 is 1. The molecular weight excluding hydrogens is 260 g/mol. The first-order chi connectivity index (χ1) is 9.45. The Morgan fingerprint density at radius 1 is 1.30 bits per heavy atom. The van der Waals surface area contributed by atoms with Crippen molar-refractivity contribution in [2.75, 3.05) is 28.3 Å². The van der Waals surface area contributed by atoms with Crippen LogP contribution in [0.1, 0.15) is 25.7 Å². The molecule has 0 fully saturated rings. The normalized spacial score (nSPS) is 15.2. The first kappa shape index (κ1) is 16.0. The third kappa shape index (κ3) is 4.56. The molecule has 3 amide bonds. The lowest BCUT2D eigenvalue weighted by Gasteiger charge is -2.25. The van der Waals surface area contributed by atoms with Gasteiger partial charge in [0.15, 0.2) is 0 Å². The van der Waals surface area contributed by atoms with E-state index in [0.29, 0.717) is 0 Å². The number of nitrogens with one attached hydrogen (secondary N) is 1. The molecule has 0 saturated carbocycles. The predicted molar refractivity (Wildman–Crippen MR) is 76.4 cm³/mol. The van der Waals surface area contributed by atoms with Crippen molar-refractivity contribution in [1.29, 1.82) is 0 Å². The van der Waals surface area contributed by atoms with E-state index in [-0.39, 0.29) is 12.0 Å². The van der Waals surface area contributed by atoms with E-state index < -0.39 is 6.09 Å². The fraction of sp³-hybridized carbons (Fsp3) is 0.615. The third-order valence-electron chi connectivity index (χ3n) is 2.93. The van der Waals surface area contributed by atoms with E-state index in [1.807, 2.05) is 6.08 Å². The largest absolute Gasteiger partial charge is 0.451 e. The number of nitrogens with zero attached hydrogens (tertiary/aromatic N) is 3. The van der Waals surface area contributed by atoms with Gasteiger partial charge in [-0.25, -0.2) is 9.59 Å². The summed E-state index contributed by atoms with van der Waals surface area (Å²) in [5.41, 5.74) is 0.921. The Kier molecular flexibility index (Phi) is 6.02. The van der Waals surface area contributed by atoms with Crippen LogP contribution in [0.5, 0.6) is 0 Å². The van der Waals surface area contributed by atoms with Gasteiger partial charge >= 0.3 is 12.1 Å². The van der Waals surface area contributed by atoms with Gasteiger partial charge in [-0.3, -0.25) is 4.90 Å². The maximum Gasteiger partial charge on any atom is 0.436 e. The zero-order valence-corrected chi connectivity index (χ0v) is 12.5. The molecule has 0 aromatic heterocycles. The molecule has 7 nitrogen and oxygen atoms in total. The fourth-order valence-electron chi connectivity index (χ4n) is 1.87. The minimum Gasteiger partial charge on any atom is -0.451 e. The molecule has 7 heteroatoms. The summed E-state index contributed by atoms with van der Waals surface area (Å²) < 4.78 is 4.49. The average molecular weight is 282 g/mol. The summed E-state index contributed by atoms with van der Waals surface area (Å²) in [6.07, 6.45) is 5.36. The topological polar surface area (TPSA) is 74.2 Å². The van der Waals surface area contributed by atoms with Crippen LogP contribution in [-0.2, 0) is 4.74 Å². The number of carbonyl (C=O) groups excluding carboxylic acids is 2. The molecule has 1 N–H and O–H groups in total. The molecule has 0 bridgehead atoms. The molecule has 0 heterocycles. The molecule has 0 unspecified atom stereocenters. The van der Waals surface area contributed by atoms with Crippen molar-refractivity contribution in [1.82, 2.24) is 15.1 Å². The summed E-state index contributed by atoms with van der Waals surface area (Å²) in [5, 5.41) is 2.83. The Balaban J connectivity index is 2.76. The van der Waals surface area contributed by atoms with Crippen LogP contribution in [0, 0.1) is 0 Å². The van der Waals surface area contributed by atoms with Crippen molar-refractivity contribution < 1.29 is 14.3 Å². The van der Waals surface area contributed by atoms with Gasteiger partial charge in [0.2, 0.25) is 5.96 Å². The Bertz CT molecular complexity index is 429. The molecular formula is C13H22N4O3. The van der Waals surface area contributed by atoms with Crippen LogP contribution in [0.4, 0.5) is 9.59 Å². The Hall–Kier alpha value is -2.05. The monoisotopic (exact) mass is 282 g/mol. The number of hydrogen-bond acceptors (Lipinski definition) is 3. The van der Waals surface area contributed by atoms with Crippen LogP contribution < -0.4 is 5.32 Å². The number of amides is 3.